The summed E-state index contributed by atoms with van der Waals surface area (Å²) < 4.78 is 14.0. The van der Waals surface area contributed by atoms with Crippen molar-refractivity contribution in [2.75, 3.05) is 33.8 Å². The van der Waals surface area contributed by atoms with Crippen LogP contribution in [0.25, 0.3) is 22.2 Å². The van der Waals surface area contributed by atoms with E-state index in [2.05, 4.69) is 33.6 Å². The van der Waals surface area contributed by atoms with Gasteiger partial charge in [-0.05, 0) is 81.3 Å². The van der Waals surface area contributed by atoms with Crippen molar-refractivity contribution >= 4 is 34.9 Å². The number of aromatic nitrogens is 1. The number of likely N-dealkylation sites (N-methyl/N-ethyl adjacent to an activating group) is 1. The summed E-state index contributed by atoms with van der Waals surface area (Å²) in [5, 5.41) is 1.25. The molecule has 224 valence electrons. The largest absolute Gasteiger partial charge is 0.483 e. The highest BCUT2D eigenvalue weighted by molar-refractivity contribution is 7.95. The van der Waals surface area contributed by atoms with E-state index < -0.39 is 0 Å². The number of para-hydroxylation sites is 1. The van der Waals surface area contributed by atoms with Gasteiger partial charge < -0.3 is 14.2 Å². The van der Waals surface area contributed by atoms with Crippen molar-refractivity contribution in [2.45, 2.75) is 82.6 Å². The predicted octanol–water partition coefficient (Wildman–Crippen LogP) is 7.33. The van der Waals surface area contributed by atoms with Crippen molar-refractivity contribution in [3.63, 3.8) is 0 Å². The number of hydrogen-bond donors (Lipinski definition) is 1. The lowest BCUT2D eigenvalue weighted by atomic mass is 9.81. The van der Waals surface area contributed by atoms with E-state index >= 15 is 0 Å². The lowest BCUT2D eigenvalue weighted by Crippen LogP contribution is -2.32. The van der Waals surface area contributed by atoms with Crippen molar-refractivity contribution < 1.29 is 14.3 Å². The van der Waals surface area contributed by atoms with Crippen LogP contribution in [0, 0.1) is 0 Å². The molecule has 1 N–H and O–H groups in total. The molecular formula is C34H44N4O3S. The van der Waals surface area contributed by atoms with Gasteiger partial charge in [0.25, 0.3) is 11.8 Å². The monoisotopic (exact) mass is 588 g/mol. The van der Waals surface area contributed by atoms with Gasteiger partial charge in [0, 0.05) is 60.3 Å². The number of ether oxygens (including phenoxy) is 1. The summed E-state index contributed by atoms with van der Waals surface area (Å²) in [5.74, 6) is 1.14. The van der Waals surface area contributed by atoms with Crippen LogP contribution in [-0.4, -0.2) is 59.4 Å². The van der Waals surface area contributed by atoms with Gasteiger partial charge >= 0.3 is 0 Å². The molecule has 3 aromatic rings. The average molecular weight is 589 g/mol. The highest BCUT2D eigenvalue weighted by Gasteiger charge is 2.32. The summed E-state index contributed by atoms with van der Waals surface area (Å²) in [4.78, 5) is 28.3. The Bertz CT molecular complexity index is 1420. The van der Waals surface area contributed by atoms with Crippen LogP contribution in [0.4, 0.5) is 0 Å². The van der Waals surface area contributed by atoms with Crippen LogP contribution in [0.5, 0.6) is 5.75 Å². The number of hydrogen-bond acceptors (Lipinski definition) is 5. The van der Waals surface area contributed by atoms with E-state index in [1.807, 2.05) is 36.6 Å². The molecule has 7 nitrogen and oxygen atoms in total. The van der Waals surface area contributed by atoms with Crippen molar-refractivity contribution in [2.24, 2.45) is 0 Å². The highest BCUT2D eigenvalue weighted by Crippen LogP contribution is 2.49. The number of benzene rings is 2. The molecule has 6 rings (SSSR count). The molecular weight excluding hydrogens is 544 g/mol. The fourth-order valence-corrected chi connectivity index (χ4v) is 7.75. The molecule has 0 spiro atoms. The summed E-state index contributed by atoms with van der Waals surface area (Å²) in [6.07, 6.45) is 12.6. The number of amides is 2. The number of carbonyl (C=O) groups is 2. The maximum Gasteiger partial charge on any atom is 0.262 e. The van der Waals surface area contributed by atoms with Crippen molar-refractivity contribution in [1.29, 1.82) is 0 Å². The van der Waals surface area contributed by atoms with E-state index in [0.29, 0.717) is 24.1 Å². The zero-order valence-electron chi connectivity index (χ0n) is 25.1. The standard InChI is InChI=1S/C34H44N4O3S/c1-36-20-10-11-21-37(2)42-35-34(40)25-18-19-27-29(22-25)38(26-14-6-7-15-26)33(32(27)24-12-4-3-5-13-24)28-16-8-9-17-30(28)41-23-31(36)39/h8-9,16-19,22,24,26H,3-7,10-15,20-21,23H2,1-2H3,(H,35,40). The molecule has 8 heteroatoms. The van der Waals surface area contributed by atoms with Gasteiger partial charge in [-0.2, -0.15) is 0 Å². The topological polar surface area (TPSA) is 66.8 Å². The molecule has 2 heterocycles. The molecule has 0 saturated heterocycles. The van der Waals surface area contributed by atoms with Crippen LogP contribution in [0.2, 0.25) is 0 Å². The minimum Gasteiger partial charge on any atom is -0.483 e. The van der Waals surface area contributed by atoms with E-state index in [1.165, 1.54) is 73.7 Å². The smallest absolute Gasteiger partial charge is 0.262 e. The lowest BCUT2D eigenvalue weighted by molar-refractivity contribution is -0.132. The molecule has 2 aliphatic carbocycles. The molecule has 1 aliphatic heterocycles. The number of carbonyl (C=O) groups excluding carboxylic acids is 2. The summed E-state index contributed by atoms with van der Waals surface area (Å²) >= 11 is 1.35. The van der Waals surface area contributed by atoms with E-state index in [4.69, 9.17) is 4.74 Å². The molecule has 2 aromatic carbocycles. The quantitative estimate of drug-likeness (QED) is 0.318. The van der Waals surface area contributed by atoms with Gasteiger partial charge in [0.05, 0.1) is 5.69 Å². The van der Waals surface area contributed by atoms with E-state index in [-0.39, 0.29) is 18.4 Å². The minimum absolute atomic E-state index is 0.00815. The van der Waals surface area contributed by atoms with Gasteiger partial charge in [-0.1, -0.05) is 50.3 Å². The van der Waals surface area contributed by atoms with Gasteiger partial charge in [0.2, 0.25) is 0 Å². The summed E-state index contributed by atoms with van der Waals surface area (Å²) in [6.45, 7) is 1.51. The average Bonchev–Trinajstić information content (AvgIpc) is 3.66. The van der Waals surface area contributed by atoms with Crippen molar-refractivity contribution in [3.8, 4) is 17.0 Å². The van der Waals surface area contributed by atoms with Gasteiger partial charge in [0.1, 0.15) is 5.75 Å². The second-order valence-electron chi connectivity index (χ2n) is 12.3. The Morgan fingerprint density at radius 2 is 1.60 bits per heavy atom. The fraction of sp³-hybridized carbons (Fsp3) is 0.529. The molecule has 42 heavy (non-hydrogen) atoms. The molecule has 2 amide bonds. The third-order valence-electron chi connectivity index (χ3n) is 9.44. The Morgan fingerprint density at radius 1 is 0.857 bits per heavy atom. The molecule has 2 saturated carbocycles. The molecule has 0 unspecified atom stereocenters. The van der Waals surface area contributed by atoms with Crippen LogP contribution in [-0.2, 0) is 4.79 Å². The second kappa shape index (κ2) is 13.1. The van der Waals surface area contributed by atoms with Crippen LogP contribution < -0.4 is 9.46 Å². The molecule has 3 aliphatic rings. The zero-order chi connectivity index (χ0) is 29.1. The summed E-state index contributed by atoms with van der Waals surface area (Å²) in [5.41, 5.74) is 5.51. The predicted molar refractivity (Wildman–Crippen MR) is 171 cm³/mol. The molecule has 2 fully saturated rings. The van der Waals surface area contributed by atoms with E-state index in [0.717, 1.165) is 49.1 Å². The molecule has 0 radical (unpaired) electrons. The van der Waals surface area contributed by atoms with Crippen LogP contribution in [0.3, 0.4) is 0 Å². The maximum atomic E-state index is 13.4. The third-order valence-corrected chi connectivity index (χ3v) is 10.2. The summed E-state index contributed by atoms with van der Waals surface area (Å²) in [6, 6.07) is 14.9. The Hall–Kier alpha value is -2.97. The number of rotatable bonds is 2. The summed E-state index contributed by atoms with van der Waals surface area (Å²) in [7, 11) is 3.85. The Morgan fingerprint density at radius 3 is 2.40 bits per heavy atom. The minimum atomic E-state index is -0.0688. The number of nitrogens with one attached hydrogen (secondary N) is 1. The van der Waals surface area contributed by atoms with Gasteiger partial charge in [-0.3, -0.25) is 14.3 Å². The zero-order valence-corrected chi connectivity index (χ0v) is 25.9. The van der Waals surface area contributed by atoms with Gasteiger partial charge in [0.15, 0.2) is 6.61 Å². The van der Waals surface area contributed by atoms with Gasteiger partial charge in [-0.25, -0.2) is 4.31 Å². The first-order valence-electron chi connectivity index (χ1n) is 15.8. The first-order chi connectivity index (χ1) is 20.5. The first kappa shape index (κ1) is 29.1. The lowest BCUT2D eigenvalue weighted by Gasteiger charge is -2.26. The molecule has 3 bridgehead atoms. The van der Waals surface area contributed by atoms with Gasteiger partial charge in [-0.15, -0.1) is 0 Å². The second-order valence-corrected chi connectivity index (χ2v) is 13.3. The first-order valence-corrected chi connectivity index (χ1v) is 16.6. The van der Waals surface area contributed by atoms with E-state index in [1.54, 1.807) is 4.90 Å². The number of fused-ring (bicyclic) bond motifs is 4. The van der Waals surface area contributed by atoms with Crippen LogP contribution in [0.15, 0.2) is 42.5 Å². The van der Waals surface area contributed by atoms with Crippen LogP contribution >= 0.6 is 12.1 Å². The maximum absolute atomic E-state index is 13.4. The van der Waals surface area contributed by atoms with Crippen molar-refractivity contribution in [1.82, 2.24) is 18.5 Å². The van der Waals surface area contributed by atoms with Crippen molar-refractivity contribution in [3.05, 3.63) is 53.6 Å². The number of nitrogens with zero attached hydrogens (tertiary/aromatic N) is 3. The third kappa shape index (κ3) is 6.06. The highest BCUT2D eigenvalue weighted by atomic mass is 32.2. The molecule has 1 aromatic heterocycles. The normalized spacial score (nSPS) is 20.8. The van der Waals surface area contributed by atoms with E-state index in [9.17, 15) is 9.59 Å². The Labute approximate surface area is 254 Å². The van der Waals surface area contributed by atoms with Crippen LogP contribution in [0.1, 0.15) is 98.5 Å². The SMILES string of the molecule is CN1CCCCN(C)C(=O)COc2ccccc2-c2c(C3CCCCC3)c3ccc(cc3n2C2CCCC2)C(=O)NS1. The molecule has 0 atom stereocenters. The Balaban J connectivity index is 1.54. The Kier molecular flexibility index (Phi) is 9.10. The fourth-order valence-electron chi connectivity index (χ4n) is 7.17.